The second-order valence-electron chi connectivity index (χ2n) is 6.03. The van der Waals surface area contributed by atoms with E-state index >= 15 is 0 Å². The summed E-state index contributed by atoms with van der Waals surface area (Å²) >= 11 is 7.61. The predicted molar refractivity (Wildman–Crippen MR) is 114 cm³/mol. The molecule has 0 amide bonds. The largest absolute Gasteiger partial charge is 0.495 e. The summed E-state index contributed by atoms with van der Waals surface area (Å²) in [6, 6.07) is 13.2. The van der Waals surface area contributed by atoms with Crippen molar-refractivity contribution >= 4 is 23.6 Å². The van der Waals surface area contributed by atoms with Gasteiger partial charge in [-0.25, -0.2) is 0 Å². The fourth-order valence-electron chi connectivity index (χ4n) is 2.67. The molecular formula is C20H27ClN2O5S. The molecule has 0 saturated heterocycles. The zero-order valence-corrected chi connectivity index (χ0v) is 18.3. The van der Waals surface area contributed by atoms with Crippen molar-refractivity contribution in [1.29, 1.82) is 0 Å². The maximum absolute atomic E-state index is 6.65. The number of halogens is 1. The van der Waals surface area contributed by atoms with E-state index in [1.54, 1.807) is 7.11 Å². The molecule has 0 bridgehead atoms. The van der Waals surface area contributed by atoms with Crippen LogP contribution in [-0.2, 0) is 9.32 Å². The second-order valence-corrected chi connectivity index (χ2v) is 7.24. The van der Waals surface area contributed by atoms with E-state index in [0.717, 1.165) is 29.1 Å². The quantitative estimate of drug-likeness (QED) is 0.156. The van der Waals surface area contributed by atoms with Gasteiger partial charge >= 0.3 is 0 Å². The summed E-state index contributed by atoms with van der Waals surface area (Å²) in [6.45, 7) is 5.67. The van der Waals surface area contributed by atoms with E-state index in [1.807, 2.05) is 56.3 Å². The summed E-state index contributed by atoms with van der Waals surface area (Å²) in [7, 11) is 1.58. The molecule has 2 atom stereocenters. The third-order valence-electron chi connectivity index (χ3n) is 4.08. The van der Waals surface area contributed by atoms with Crippen molar-refractivity contribution in [2.75, 3.05) is 26.9 Å². The summed E-state index contributed by atoms with van der Waals surface area (Å²) in [4.78, 5) is 4.87. The summed E-state index contributed by atoms with van der Waals surface area (Å²) < 4.78 is 21.4. The molecule has 160 valence electrons. The first-order valence-corrected chi connectivity index (χ1v) is 10.4. The zero-order valence-electron chi connectivity index (χ0n) is 16.7. The van der Waals surface area contributed by atoms with Crippen LogP contribution in [0.2, 0.25) is 0 Å². The minimum absolute atomic E-state index is 0.000300. The lowest BCUT2D eigenvalue weighted by atomic mass is 10.1. The van der Waals surface area contributed by atoms with Crippen LogP contribution in [0, 0.1) is 0 Å². The van der Waals surface area contributed by atoms with Crippen LogP contribution >= 0.6 is 23.6 Å². The van der Waals surface area contributed by atoms with Gasteiger partial charge < -0.3 is 19.5 Å². The van der Waals surface area contributed by atoms with Crippen LogP contribution in [0.1, 0.15) is 24.8 Å². The first-order chi connectivity index (χ1) is 14.1. The van der Waals surface area contributed by atoms with Crippen molar-refractivity contribution < 1.29 is 23.5 Å². The SMILES string of the molecule is CCOc1ccccc1OCCNC(C)C(Cl)c1ccc(OC)c(SOON)c1. The smallest absolute Gasteiger partial charge is 0.161 e. The molecule has 2 aromatic rings. The standard InChI is InChI=1S/C20H27ClN2O5S/c1-4-25-16-7-5-6-8-17(16)26-12-11-23-14(2)20(21)15-9-10-18(24-3)19(13-15)29-28-27-22/h5-10,13-14,20,23H,4,11-12,22H2,1-3H3. The molecule has 2 unspecified atom stereocenters. The number of para-hydroxylation sites is 2. The van der Waals surface area contributed by atoms with E-state index in [9.17, 15) is 0 Å². The Hall–Kier alpha value is -1.68. The fraction of sp³-hybridized carbons (Fsp3) is 0.400. The Balaban J connectivity index is 1.88. The molecule has 0 aromatic heterocycles. The highest BCUT2D eigenvalue weighted by molar-refractivity contribution is 7.94. The Labute approximate surface area is 180 Å². The van der Waals surface area contributed by atoms with Crippen LogP contribution in [0.15, 0.2) is 47.4 Å². The first kappa shape index (κ1) is 23.6. The van der Waals surface area contributed by atoms with Gasteiger partial charge in [0.15, 0.2) is 11.5 Å². The molecule has 2 rings (SSSR count). The molecule has 0 spiro atoms. The number of benzene rings is 2. The lowest BCUT2D eigenvalue weighted by molar-refractivity contribution is -0.195. The van der Waals surface area contributed by atoms with E-state index in [2.05, 4.69) is 10.3 Å². The topological polar surface area (TPSA) is 84.2 Å². The molecule has 0 aliphatic rings. The van der Waals surface area contributed by atoms with Gasteiger partial charge in [-0.05, 0) is 43.7 Å². The number of hydrogen-bond donors (Lipinski definition) is 2. The monoisotopic (exact) mass is 442 g/mol. The molecule has 0 aliphatic heterocycles. The number of hydrogen-bond acceptors (Lipinski definition) is 8. The summed E-state index contributed by atoms with van der Waals surface area (Å²) in [5, 5.41) is 3.11. The highest BCUT2D eigenvalue weighted by Gasteiger charge is 2.18. The van der Waals surface area contributed by atoms with Crippen molar-refractivity contribution in [3.8, 4) is 17.2 Å². The Bertz CT molecular complexity index is 753. The molecule has 2 aromatic carbocycles. The van der Waals surface area contributed by atoms with Gasteiger partial charge in [0.2, 0.25) is 0 Å². The fourth-order valence-corrected chi connectivity index (χ4v) is 3.43. The summed E-state index contributed by atoms with van der Waals surface area (Å²) in [6.07, 6.45) is 0. The Morgan fingerprint density at radius 2 is 1.83 bits per heavy atom. The minimum atomic E-state index is -0.269. The number of ether oxygens (including phenoxy) is 3. The first-order valence-electron chi connectivity index (χ1n) is 9.20. The van der Waals surface area contributed by atoms with Crippen LogP contribution in [-0.4, -0.2) is 32.9 Å². The van der Waals surface area contributed by atoms with E-state index in [-0.39, 0.29) is 11.4 Å². The molecular weight excluding hydrogens is 416 g/mol. The molecule has 29 heavy (non-hydrogen) atoms. The maximum atomic E-state index is 6.65. The van der Waals surface area contributed by atoms with Gasteiger partial charge in [0.25, 0.3) is 0 Å². The number of nitrogens with two attached hydrogens (primary N) is 1. The highest BCUT2D eigenvalue weighted by Crippen LogP contribution is 2.35. The molecule has 0 heterocycles. The highest BCUT2D eigenvalue weighted by atomic mass is 35.5. The maximum Gasteiger partial charge on any atom is 0.161 e. The molecule has 7 nitrogen and oxygen atoms in total. The summed E-state index contributed by atoms with van der Waals surface area (Å²) in [5.41, 5.74) is 0.915. The Morgan fingerprint density at radius 3 is 2.48 bits per heavy atom. The Morgan fingerprint density at radius 1 is 1.10 bits per heavy atom. The third kappa shape index (κ3) is 7.26. The second kappa shape index (κ2) is 12.8. The molecule has 0 radical (unpaired) electrons. The van der Waals surface area contributed by atoms with Crippen LogP contribution in [0.3, 0.4) is 0 Å². The van der Waals surface area contributed by atoms with Crippen molar-refractivity contribution in [2.24, 2.45) is 5.90 Å². The van der Waals surface area contributed by atoms with Crippen LogP contribution < -0.4 is 25.4 Å². The zero-order chi connectivity index (χ0) is 21.1. The normalized spacial score (nSPS) is 13.0. The molecule has 0 fully saturated rings. The van der Waals surface area contributed by atoms with Gasteiger partial charge in [-0.3, -0.25) is 0 Å². The summed E-state index contributed by atoms with van der Waals surface area (Å²) in [5.74, 6) is 7.02. The van der Waals surface area contributed by atoms with Crippen LogP contribution in [0.25, 0.3) is 0 Å². The Kier molecular flexibility index (Phi) is 10.4. The number of rotatable bonds is 13. The average molecular weight is 443 g/mol. The van der Waals surface area contributed by atoms with Gasteiger partial charge in [0.1, 0.15) is 12.4 Å². The predicted octanol–water partition coefficient (Wildman–Crippen LogP) is 4.26. The lowest BCUT2D eigenvalue weighted by Crippen LogP contribution is -2.33. The van der Waals surface area contributed by atoms with Gasteiger partial charge in [-0.15, -0.1) is 20.9 Å². The third-order valence-corrected chi connectivity index (χ3v) is 5.36. The number of methoxy groups -OCH3 is 1. The molecule has 0 saturated carbocycles. The van der Waals surface area contributed by atoms with Crippen LogP contribution in [0.5, 0.6) is 17.2 Å². The van der Waals surface area contributed by atoms with E-state index in [4.69, 9.17) is 36.0 Å². The molecule has 0 aliphatic carbocycles. The molecule has 3 N–H and O–H groups in total. The number of alkyl halides is 1. The van der Waals surface area contributed by atoms with Gasteiger partial charge in [0.05, 0.1) is 36.0 Å². The van der Waals surface area contributed by atoms with Crippen LogP contribution in [0.4, 0.5) is 0 Å². The van der Waals surface area contributed by atoms with Crippen molar-refractivity contribution in [1.82, 2.24) is 5.32 Å². The molecule has 9 heteroatoms. The van der Waals surface area contributed by atoms with E-state index in [0.29, 0.717) is 30.4 Å². The van der Waals surface area contributed by atoms with Crippen molar-refractivity contribution in [3.63, 3.8) is 0 Å². The van der Waals surface area contributed by atoms with Gasteiger partial charge in [0, 0.05) is 12.6 Å². The van der Waals surface area contributed by atoms with Crippen molar-refractivity contribution in [3.05, 3.63) is 48.0 Å². The average Bonchev–Trinajstić information content (AvgIpc) is 2.75. The lowest BCUT2D eigenvalue weighted by Gasteiger charge is -2.21. The van der Waals surface area contributed by atoms with Gasteiger partial charge in [-0.1, -0.05) is 18.2 Å². The van der Waals surface area contributed by atoms with E-state index < -0.39 is 0 Å². The van der Waals surface area contributed by atoms with Crippen molar-refractivity contribution in [2.45, 2.75) is 30.2 Å². The number of nitrogens with one attached hydrogen (secondary N) is 1. The minimum Gasteiger partial charge on any atom is -0.495 e. The van der Waals surface area contributed by atoms with Gasteiger partial charge in [-0.2, -0.15) is 5.90 Å². The van der Waals surface area contributed by atoms with E-state index in [1.165, 1.54) is 0 Å².